The van der Waals surface area contributed by atoms with Crippen molar-refractivity contribution in [2.75, 3.05) is 12.4 Å². The number of carbonyl (C=O) groups is 1. The van der Waals surface area contributed by atoms with Crippen LogP contribution in [0.1, 0.15) is 17.2 Å². The standard InChI is InChI=1S/C16H15FN4O2.2ClH/c1-23-16(22)21-15-19-12-7-4-10(8-13(12)20-15)14(18)9-2-5-11(17)6-3-9;;/h2-8,14H,18H2,1H3,(H2,19,20,21,22);2*1H. The lowest BCUT2D eigenvalue weighted by molar-refractivity contribution is 0.186. The van der Waals surface area contributed by atoms with Crippen molar-refractivity contribution in [1.29, 1.82) is 0 Å². The summed E-state index contributed by atoms with van der Waals surface area (Å²) < 4.78 is 17.5. The van der Waals surface area contributed by atoms with E-state index >= 15 is 0 Å². The molecule has 134 valence electrons. The summed E-state index contributed by atoms with van der Waals surface area (Å²) in [7, 11) is 1.28. The Morgan fingerprint density at radius 2 is 1.84 bits per heavy atom. The zero-order valence-electron chi connectivity index (χ0n) is 13.2. The number of benzene rings is 2. The largest absolute Gasteiger partial charge is 0.453 e. The number of nitrogens with zero attached hydrogens (tertiary/aromatic N) is 1. The van der Waals surface area contributed by atoms with Crippen LogP contribution in [-0.2, 0) is 4.74 Å². The second-order valence-corrected chi connectivity index (χ2v) is 5.01. The minimum atomic E-state index is -0.604. The highest BCUT2D eigenvalue weighted by Gasteiger charge is 2.12. The van der Waals surface area contributed by atoms with Gasteiger partial charge in [-0.3, -0.25) is 5.32 Å². The summed E-state index contributed by atoms with van der Waals surface area (Å²) in [6, 6.07) is 11.2. The maximum Gasteiger partial charge on any atom is 0.413 e. The summed E-state index contributed by atoms with van der Waals surface area (Å²) in [5.41, 5.74) is 9.28. The molecule has 6 nitrogen and oxygen atoms in total. The molecular weight excluding hydrogens is 370 g/mol. The molecule has 0 spiro atoms. The number of hydrogen-bond acceptors (Lipinski definition) is 4. The van der Waals surface area contributed by atoms with Gasteiger partial charge in [0.25, 0.3) is 0 Å². The number of carbonyl (C=O) groups excluding carboxylic acids is 1. The average molecular weight is 387 g/mol. The second-order valence-electron chi connectivity index (χ2n) is 5.01. The number of ether oxygens (including phenoxy) is 1. The number of aromatic nitrogens is 2. The number of hydrogen-bond donors (Lipinski definition) is 3. The smallest absolute Gasteiger partial charge is 0.413 e. The molecule has 1 amide bonds. The molecule has 0 radical (unpaired) electrons. The van der Waals surface area contributed by atoms with Crippen LogP contribution in [0, 0.1) is 5.82 Å². The fourth-order valence-corrected chi connectivity index (χ4v) is 2.29. The van der Waals surface area contributed by atoms with Gasteiger partial charge in [-0.25, -0.2) is 14.2 Å². The van der Waals surface area contributed by atoms with Gasteiger partial charge in [0.1, 0.15) is 5.82 Å². The number of anilines is 1. The fraction of sp³-hybridized carbons (Fsp3) is 0.125. The lowest BCUT2D eigenvalue weighted by Gasteiger charge is -2.12. The summed E-state index contributed by atoms with van der Waals surface area (Å²) in [6.45, 7) is 0. The highest BCUT2D eigenvalue weighted by Crippen LogP contribution is 2.24. The normalized spacial score (nSPS) is 11.2. The predicted molar refractivity (Wildman–Crippen MR) is 99.0 cm³/mol. The number of imidazole rings is 1. The van der Waals surface area contributed by atoms with E-state index in [1.54, 1.807) is 18.2 Å². The van der Waals surface area contributed by atoms with E-state index in [4.69, 9.17) is 5.73 Å². The third kappa shape index (κ3) is 4.60. The van der Waals surface area contributed by atoms with E-state index in [0.29, 0.717) is 11.5 Å². The number of rotatable bonds is 3. The first kappa shape index (κ1) is 20.7. The number of aromatic amines is 1. The van der Waals surface area contributed by atoms with Crippen molar-refractivity contribution in [2.24, 2.45) is 5.73 Å². The van der Waals surface area contributed by atoms with Gasteiger partial charge >= 0.3 is 6.09 Å². The summed E-state index contributed by atoms with van der Waals surface area (Å²) >= 11 is 0. The first-order valence-corrected chi connectivity index (χ1v) is 6.92. The van der Waals surface area contributed by atoms with Gasteiger partial charge in [0.2, 0.25) is 5.95 Å². The minimum Gasteiger partial charge on any atom is -0.453 e. The molecule has 3 rings (SSSR count). The van der Waals surface area contributed by atoms with Crippen LogP contribution >= 0.6 is 24.8 Å². The lowest BCUT2D eigenvalue weighted by Crippen LogP contribution is -2.12. The first-order valence-electron chi connectivity index (χ1n) is 6.92. The van der Waals surface area contributed by atoms with Crippen molar-refractivity contribution in [2.45, 2.75) is 6.04 Å². The van der Waals surface area contributed by atoms with E-state index in [1.807, 2.05) is 12.1 Å². The van der Waals surface area contributed by atoms with Gasteiger partial charge in [0.15, 0.2) is 0 Å². The number of halogens is 3. The predicted octanol–water partition coefficient (Wildman–Crippen LogP) is 3.77. The quantitative estimate of drug-likeness (QED) is 0.638. The van der Waals surface area contributed by atoms with Crippen molar-refractivity contribution < 1.29 is 13.9 Å². The molecular formula is C16H17Cl2FN4O2. The summed E-state index contributed by atoms with van der Waals surface area (Å²) in [4.78, 5) is 18.4. The molecule has 25 heavy (non-hydrogen) atoms. The molecule has 0 fully saturated rings. The van der Waals surface area contributed by atoms with E-state index < -0.39 is 6.09 Å². The van der Waals surface area contributed by atoms with Gasteiger partial charge in [-0.05, 0) is 35.4 Å². The summed E-state index contributed by atoms with van der Waals surface area (Å²) in [6.07, 6.45) is -0.604. The Morgan fingerprint density at radius 3 is 2.48 bits per heavy atom. The molecule has 4 N–H and O–H groups in total. The Morgan fingerprint density at radius 1 is 1.20 bits per heavy atom. The number of methoxy groups -OCH3 is 1. The van der Waals surface area contributed by atoms with Crippen molar-refractivity contribution in [3.63, 3.8) is 0 Å². The molecule has 1 atom stereocenters. The average Bonchev–Trinajstić information content (AvgIpc) is 2.96. The zero-order valence-corrected chi connectivity index (χ0v) is 14.8. The molecule has 0 aliphatic carbocycles. The van der Waals surface area contributed by atoms with E-state index in [1.165, 1.54) is 19.2 Å². The van der Waals surface area contributed by atoms with Crippen LogP contribution in [-0.4, -0.2) is 23.2 Å². The molecule has 2 aromatic carbocycles. The topological polar surface area (TPSA) is 93.0 Å². The van der Waals surface area contributed by atoms with E-state index in [9.17, 15) is 9.18 Å². The van der Waals surface area contributed by atoms with Crippen molar-refractivity contribution in [3.8, 4) is 0 Å². The molecule has 0 aliphatic heterocycles. The number of nitrogens with two attached hydrogens (primary N) is 1. The molecule has 1 aromatic heterocycles. The van der Waals surface area contributed by atoms with E-state index in [2.05, 4.69) is 20.0 Å². The van der Waals surface area contributed by atoms with Gasteiger partial charge in [-0.1, -0.05) is 18.2 Å². The minimum absolute atomic E-state index is 0. The summed E-state index contributed by atoms with van der Waals surface area (Å²) in [5.74, 6) is -0.0112. The molecule has 1 heterocycles. The highest BCUT2D eigenvalue weighted by atomic mass is 35.5. The Balaban J connectivity index is 0.00000156. The van der Waals surface area contributed by atoms with Gasteiger partial charge in [-0.15, -0.1) is 24.8 Å². The molecule has 0 saturated carbocycles. The molecule has 0 aliphatic rings. The number of H-pyrrole nitrogens is 1. The zero-order chi connectivity index (χ0) is 16.4. The van der Waals surface area contributed by atoms with Crippen LogP contribution in [0.3, 0.4) is 0 Å². The Labute approximate surface area is 155 Å². The molecule has 0 saturated heterocycles. The van der Waals surface area contributed by atoms with Crippen LogP contribution in [0.15, 0.2) is 42.5 Å². The monoisotopic (exact) mass is 386 g/mol. The van der Waals surface area contributed by atoms with Crippen molar-refractivity contribution >= 4 is 47.9 Å². The van der Waals surface area contributed by atoms with Crippen molar-refractivity contribution in [1.82, 2.24) is 9.97 Å². The SMILES string of the molecule is COC(=O)Nc1nc2ccc(C(N)c3ccc(F)cc3)cc2[nH]1.Cl.Cl. The maximum absolute atomic E-state index is 13.0. The Hall–Kier alpha value is -2.35. The van der Waals surface area contributed by atoms with Gasteiger partial charge in [-0.2, -0.15) is 0 Å². The van der Waals surface area contributed by atoms with Crippen LogP contribution < -0.4 is 11.1 Å². The van der Waals surface area contributed by atoms with E-state index in [0.717, 1.165) is 16.6 Å². The maximum atomic E-state index is 13.0. The Bertz CT molecular complexity index is 855. The van der Waals surface area contributed by atoms with Crippen LogP contribution in [0.5, 0.6) is 0 Å². The summed E-state index contributed by atoms with van der Waals surface area (Å²) in [5, 5.41) is 2.47. The lowest BCUT2D eigenvalue weighted by atomic mass is 9.99. The first-order chi connectivity index (χ1) is 11.1. The van der Waals surface area contributed by atoms with Gasteiger partial charge in [0, 0.05) is 0 Å². The van der Waals surface area contributed by atoms with Gasteiger partial charge in [0.05, 0.1) is 24.2 Å². The highest BCUT2D eigenvalue weighted by molar-refractivity contribution is 5.86. The fourth-order valence-electron chi connectivity index (χ4n) is 2.29. The van der Waals surface area contributed by atoms with E-state index in [-0.39, 0.29) is 36.7 Å². The molecule has 1 unspecified atom stereocenters. The Kier molecular flexibility index (Phi) is 7.17. The van der Waals surface area contributed by atoms with Crippen molar-refractivity contribution in [3.05, 3.63) is 59.4 Å². The third-order valence-electron chi connectivity index (χ3n) is 3.50. The van der Waals surface area contributed by atoms with Gasteiger partial charge < -0.3 is 15.5 Å². The van der Waals surface area contributed by atoms with Crippen LogP contribution in [0.25, 0.3) is 11.0 Å². The number of amides is 1. The third-order valence-corrected chi connectivity index (χ3v) is 3.50. The molecule has 3 aromatic rings. The number of nitrogens with one attached hydrogen (secondary N) is 2. The van der Waals surface area contributed by atoms with Crippen LogP contribution in [0.2, 0.25) is 0 Å². The molecule has 0 bridgehead atoms. The second kappa shape index (κ2) is 8.66. The van der Waals surface area contributed by atoms with Crippen LogP contribution in [0.4, 0.5) is 15.1 Å². The molecule has 9 heteroatoms. The number of fused-ring (bicyclic) bond motifs is 1.